The first-order valence-electron chi connectivity index (χ1n) is 9.96. The van der Waals surface area contributed by atoms with Gasteiger partial charge in [-0.1, -0.05) is 72.4 Å². The van der Waals surface area contributed by atoms with Crippen molar-refractivity contribution in [1.29, 1.82) is 0 Å². The molecule has 0 fully saturated rings. The summed E-state index contributed by atoms with van der Waals surface area (Å²) in [4.78, 5) is 4.70. The van der Waals surface area contributed by atoms with Crippen molar-refractivity contribution in [2.24, 2.45) is 4.99 Å². The number of thioether (sulfide) groups is 1. The highest BCUT2D eigenvalue weighted by molar-refractivity contribution is 8.13. The Bertz CT molecular complexity index is 1100. The quantitative estimate of drug-likeness (QED) is 0.357. The van der Waals surface area contributed by atoms with Crippen molar-refractivity contribution < 1.29 is 26.3 Å². The fourth-order valence-electron chi connectivity index (χ4n) is 3.63. The van der Waals surface area contributed by atoms with Crippen LogP contribution in [0.15, 0.2) is 83.9 Å². The van der Waals surface area contributed by atoms with Gasteiger partial charge in [0.15, 0.2) is 5.17 Å². The molecule has 2 nitrogen and oxygen atoms in total. The molecular weight excluding hydrogens is 498 g/mol. The normalized spacial score (nSPS) is 18.1. The Morgan fingerprint density at radius 1 is 0.735 bits per heavy atom. The minimum absolute atomic E-state index is 0. The number of alkyl halides is 6. The van der Waals surface area contributed by atoms with Crippen LogP contribution >= 0.6 is 24.2 Å². The van der Waals surface area contributed by atoms with Crippen LogP contribution in [0.5, 0.6) is 0 Å². The first kappa shape index (κ1) is 26.0. The molecule has 34 heavy (non-hydrogen) atoms. The summed E-state index contributed by atoms with van der Waals surface area (Å²) in [5.74, 6) is -0.0954. The van der Waals surface area contributed by atoms with Crippen LogP contribution in [0.2, 0.25) is 0 Å². The number of halogens is 7. The standard InChI is InChI=1S/C24H18F6N2S.ClH/c25-23(26,27)18-11-15(12-19(13-18)24(28,29)30)14-33-22-31-20(16-7-3-1-4-8-16)21(32-22)17-9-5-2-6-10-17;/h1-13,20-21H,14H2,(H,31,32);1H/t20-,21+;. The monoisotopic (exact) mass is 516 g/mol. The highest BCUT2D eigenvalue weighted by Crippen LogP contribution is 2.40. The van der Waals surface area contributed by atoms with Gasteiger partial charge in [-0.05, 0) is 34.9 Å². The summed E-state index contributed by atoms with van der Waals surface area (Å²) in [7, 11) is 0. The maximum Gasteiger partial charge on any atom is 0.416 e. The van der Waals surface area contributed by atoms with E-state index in [4.69, 9.17) is 4.99 Å². The van der Waals surface area contributed by atoms with Crippen LogP contribution in [-0.4, -0.2) is 5.17 Å². The molecule has 0 spiro atoms. The number of amidine groups is 1. The van der Waals surface area contributed by atoms with Gasteiger partial charge in [-0.15, -0.1) is 12.4 Å². The number of aliphatic imine (C=N–C) groups is 1. The number of hydrogen-bond donors (Lipinski definition) is 1. The maximum absolute atomic E-state index is 13.1. The van der Waals surface area contributed by atoms with Gasteiger partial charge in [-0.25, -0.2) is 0 Å². The van der Waals surface area contributed by atoms with E-state index in [9.17, 15) is 26.3 Å². The summed E-state index contributed by atoms with van der Waals surface area (Å²) in [5, 5.41) is 3.75. The van der Waals surface area contributed by atoms with Gasteiger partial charge in [0.05, 0.1) is 17.2 Å². The average molecular weight is 517 g/mol. The van der Waals surface area contributed by atoms with E-state index in [-0.39, 0.29) is 41.9 Å². The third kappa shape index (κ3) is 6.07. The van der Waals surface area contributed by atoms with Crippen molar-refractivity contribution in [1.82, 2.24) is 5.32 Å². The zero-order chi connectivity index (χ0) is 23.6. The second-order valence-corrected chi connectivity index (χ2v) is 8.49. The van der Waals surface area contributed by atoms with Gasteiger partial charge < -0.3 is 5.32 Å². The Morgan fingerprint density at radius 2 is 1.24 bits per heavy atom. The number of hydrogen-bond acceptors (Lipinski definition) is 3. The molecule has 3 aromatic rings. The molecule has 180 valence electrons. The second-order valence-electron chi connectivity index (χ2n) is 7.53. The third-order valence-electron chi connectivity index (χ3n) is 5.17. The molecule has 2 atom stereocenters. The Kier molecular flexibility index (Phi) is 7.88. The molecule has 1 aliphatic heterocycles. The van der Waals surface area contributed by atoms with E-state index in [0.717, 1.165) is 35.0 Å². The summed E-state index contributed by atoms with van der Waals surface area (Å²) >= 11 is 1.08. The van der Waals surface area contributed by atoms with Crippen molar-refractivity contribution in [3.63, 3.8) is 0 Å². The molecule has 0 amide bonds. The Balaban J connectivity index is 0.00000324. The minimum Gasteiger partial charge on any atom is -0.356 e. The summed E-state index contributed by atoms with van der Waals surface area (Å²) in [6, 6.07) is 20.2. The number of rotatable bonds is 4. The molecule has 1 aliphatic rings. The van der Waals surface area contributed by atoms with Gasteiger partial charge in [-0.2, -0.15) is 26.3 Å². The lowest BCUT2D eigenvalue weighted by Crippen LogP contribution is -2.22. The highest BCUT2D eigenvalue weighted by Gasteiger charge is 2.37. The molecule has 1 heterocycles. The lowest BCUT2D eigenvalue weighted by molar-refractivity contribution is -0.143. The van der Waals surface area contributed by atoms with Crippen LogP contribution in [0.1, 0.15) is 39.9 Å². The SMILES string of the molecule is Cl.FC(F)(F)c1cc(CSC2=N[C@@H](c3ccccc3)[C@@H](c3ccccc3)N2)cc(C(F)(F)F)c1. The molecule has 0 bridgehead atoms. The Morgan fingerprint density at radius 3 is 1.74 bits per heavy atom. The van der Waals surface area contributed by atoms with Crippen LogP contribution in [0.4, 0.5) is 26.3 Å². The van der Waals surface area contributed by atoms with Crippen molar-refractivity contribution in [3.05, 3.63) is 107 Å². The predicted molar refractivity (Wildman–Crippen MR) is 124 cm³/mol. The van der Waals surface area contributed by atoms with Crippen LogP contribution in [0.25, 0.3) is 0 Å². The lowest BCUT2D eigenvalue weighted by atomic mass is 9.95. The van der Waals surface area contributed by atoms with Crippen LogP contribution in [0, 0.1) is 0 Å². The van der Waals surface area contributed by atoms with Gasteiger partial charge in [0, 0.05) is 5.75 Å². The van der Waals surface area contributed by atoms with Gasteiger partial charge in [-0.3, -0.25) is 4.99 Å². The van der Waals surface area contributed by atoms with Gasteiger partial charge in [0.1, 0.15) is 6.04 Å². The van der Waals surface area contributed by atoms with Crippen LogP contribution < -0.4 is 5.32 Å². The minimum atomic E-state index is -4.87. The summed E-state index contributed by atoms with van der Waals surface area (Å²) in [6.07, 6.45) is -9.75. The van der Waals surface area contributed by atoms with E-state index in [2.05, 4.69) is 5.32 Å². The molecule has 10 heteroatoms. The molecule has 0 saturated heterocycles. The second kappa shape index (κ2) is 10.3. The lowest BCUT2D eigenvalue weighted by Gasteiger charge is -2.19. The smallest absolute Gasteiger partial charge is 0.356 e. The van der Waals surface area contributed by atoms with Crippen molar-refractivity contribution >= 4 is 29.3 Å². The van der Waals surface area contributed by atoms with E-state index in [1.807, 2.05) is 60.7 Å². The fourth-order valence-corrected chi connectivity index (χ4v) is 4.50. The molecule has 0 unspecified atom stereocenters. The average Bonchev–Trinajstić information content (AvgIpc) is 3.22. The highest BCUT2D eigenvalue weighted by atomic mass is 35.5. The van der Waals surface area contributed by atoms with Crippen molar-refractivity contribution in [3.8, 4) is 0 Å². The zero-order valence-electron chi connectivity index (χ0n) is 17.4. The third-order valence-corrected chi connectivity index (χ3v) is 6.15. The number of nitrogens with one attached hydrogen (secondary N) is 1. The molecule has 3 aromatic carbocycles. The molecule has 0 aliphatic carbocycles. The molecular formula is C24H19ClF6N2S. The van der Waals surface area contributed by atoms with E-state index < -0.39 is 23.5 Å². The van der Waals surface area contributed by atoms with E-state index in [0.29, 0.717) is 5.17 Å². The maximum atomic E-state index is 13.1. The molecule has 4 rings (SSSR count). The van der Waals surface area contributed by atoms with Gasteiger partial charge >= 0.3 is 12.4 Å². The fraction of sp³-hybridized carbons (Fsp3) is 0.208. The summed E-state index contributed by atoms with van der Waals surface area (Å²) in [5.41, 5.74) is -0.791. The van der Waals surface area contributed by atoms with E-state index in [1.54, 1.807) is 0 Å². The van der Waals surface area contributed by atoms with E-state index in [1.165, 1.54) is 0 Å². The molecule has 1 N–H and O–H groups in total. The predicted octanol–water partition coefficient (Wildman–Crippen LogP) is 7.82. The van der Waals surface area contributed by atoms with E-state index >= 15 is 0 Å². The Hall–Kier alpha value is -2.65. The van der Waals surface area contributed by atoms with Gasteiger partial charge in [0.25, 0.3) is 0 Å². The van der Waals surface area contributed by atoms with Crippen LogP contribution in [-0.2, 0) is 18.1 Å². The first-order chi connectivity index (χ1) is 15.6. The molecule has 0 aromatic heterocycles. The first-order valence-corrected chi connectivity index (χ1v) is 11.0. The van der Waals surface area contributed by atoms with Crippen molar-refractivity contribution in [2.45, 2.75) is 30.2 Å². The summed E-state index contributed by atoms with van der Waals surface area (Å²) in [6.45, 7) is 0. The molecule has 0 saturated carbocycles. The molecule has 0 radical (unpaired) electrons. The number of benzene rings is 3. The van der Waals surface area contributed by atoms with Crippen LogP contribution in [0.3, 0.4) is 0 Å². The van der Waals surface area contributed by atoms with Crippen molar-refractivity contribution in [2.75, 3.05) is 0 Å². The Labute approximate surface area is 202 Å². The van der Waals surface area contributed by atoms with Gasteiger partial charge in [0.2, 0.25) is 0 Å². The summed E-state index contributed by atoms with van der Waals surface area (Å²) < 4.78 is 78.9. The largest absolute Gasteiger partial charge is 0.416 e. The zero-order valence-corrected chi connectivity index (χ0v) is 19.0. The topological polar surface area (TPSA) is 24.4 Å². The number of nitrogens with zero attached hydrogens (tertiary/aromatic N) is 1.